The summed E-state index contributed by atoms with van der Waals surface area (Å²) in [7, 11) is 3.19. The largest absolute Gasteiger partial charge is 0.482 e. The molecule has 2 heterocycles. The number of nitrogens with zero attached hydrogens (tertiary/aromatic N) is 3. The molecular weight excluding hydrogens is 310 g/mol. The van der Waals surface area contributed by atoms with Crippen molar-refractivity contribution < 1.29 is 19.4 Å². The second-order valence-corrected chi connectivity index (χ2v) is 5.52. The number of fused-ring (bicyclic) bond motifs is 1. The smallest absolute Gasteiger partial charge is 0.355 e. The van der Waals surface area contributed by atoms with Crippen LogP contribution < -0.4 is 9.64 Å². The molecule has 24 heavy (non-hydrogen) atoms. The highest BCUT2D eigenvalue weighted by Gasteiger charge is 2.27. The standard InChI is InChI=1S/C17H15N3O4/c1-5-10-15(18-20(4)16(10)17(22)23)11-7-12-13(6-9(11)2)24-8-14(21)19(12)3/h1,6-7H,8H2,2-4H3,(H,22,23). The molecule has 2 aromatic rings. The number of rotatable bonds is 2. The fourth-order valence-corrected chi connectivity index (χ4v) is 2.77. The van der Waals surface area contributed by atoms with Gasteiger partial charge in [-0.25, -0.2) is 4.79 Å². The van der Waals surface area contributed by atoms with E-state index in [0.717, 1.165) is 5.56 Å². The molecule has 122 valence electrons. The Balaban J connectivity index is 2.25. The Morgan fingerprint density at radius 1 is 1.42 bits per heavy atom. The van der Waals surface area contributed by atoms with E-state index >= 15 is 0 Å². The van der Waals surface area contributed by atoms with Crippen LogP contribution in [-0.4, -0.2) is 40.4 Å². The number of aryl methyl sites for hydroxylation is 2. The van der Waals surface area contributed by atoms with Gasteiger partial charge in [-0.05, 0) is 24.6 Å². The number of benzene rings is 1. The summed E-state index contributed by atoms with van der Waals surface area (Å²) in [5.41, 5.74) is 2.63. The van der Waals surface area contributed by atoms with Crippen molar-refractivity contribution in [2.75, 3.05) is 18.6 Å². The van der Waals surface area contributed by atoms with Crippen LogP contribution in [0.1, 0.15) is 21.6 Å². The lowest BCUT2D eigenvalue weighted by atomic mass is 9.99. The monoisotopic (exact) mass is 325 g/mol. The molecule has 3 rings (SSSR count). The minimum absolute atomic E-state index is 0.00928. The maximum atomic E-state index is 11.8. The molecule has 1 aliphatic heterocycles. The van der Waals surface area contributed by atoms with Gasteiger partial charge in [0.15, 0.2) is 12.3 Å². The Kier molecular flexibility index (Phi) is 3.53. The lowest BCUT2D eigenvalue weighted by molar-refractivity contribution is -0.120. The van der Waals surface area contributed by atoms with Gasteiger partial charge < -0.3 is 14.7 Å². The van der Waals surface area contributed by atoms with Gasteiger partial charge >= 0.3 is 5.97 Å². The molecule has 0 bridgehead atoms. The van der Waals surface area contributed by atoms with Crippen LogP contribution in [0.2, 0.25) is 0 Å². The normalized spacial score (nSPS) is 13.2. The second-order valence-electron chi connectivity index (χ2n) is 5.52. The molecule has 0 saturated carbocycles. The summed E-state index contributed by atoms with van der Waals surface area (Å²) >= 11 is 0. The zero-order valence-corrected chi connectivity index (χ0v) is 13.5. The number of likely N-dealkylation sites (N-methyl/N-ethyl adjacent to an activating group) is 1. The number of carbonyl (C=O) groups excluding carboxylic acids is 1. The van der Waals surface area contributed by atoms with Gasteiger partial charge in [-0.15, -0.1) is 6.42 Å². The fourth-order valence-electron chi connectivity index (χ4n) is 2.77. The molecule has 7 heteroatoms. The summed E-state index contributed by atoms with van der Waals surface area (Å²) in [6, 6.07) is 3.54. The van der Waals surface area contributed by atoms with E-state index in [9.17, 15) is 14.7 Å². The zero-order chi connectivity index (χ0) is 17.6. The number of aromatic carboxylic acids is 1. The Hall–Kier alpha value is -3.27. The summed E-state index contributed by atoms with van der Waals surface area (Å²) < 4.78 is 6.70. The van der Waals surface area contributed by atoms with E-state index in [1.54, 1.807) is 19.2 Å². The van der Waals surface area contributed by atoms with E-state index in [1.807, 2.05) is 6.92 Å². The van der Waals surface area contributed by atoms with E-state index < -0.39 is 5.97 Å². The van der Waals surface area contributed by atoms with Crippen molar-refractivity contribution in [3.63, 3.8) is 0 Å². The third-order valence-electron chi connectivity index (χ3n) is 4.04. The predicted molar refractivity (Wildman–Crippen MR) is 87.2 cm³/mol. The maximum absolute atomic E-state index is 11.8. The number of terminal acetylenes is 1. The molecule has 1 aromatic carbocycles. The van der Waals surface area contributed by atoms with Crippen LogP contribution in [-0.2, 0) is 11.8 Å². The first kappa shape index (κ1) is 15.6. The average Bonchev–Trinajstić information content (AvgIpc) is 2.87. The highest BCUT2D eigenvalue weighted by molar-refractivity contribution is 5.99. The quantitative estimate of drug-likeness (QED) is 0.844. The molecule has 0 spiro atoms. The Morgan fingerprint density at radius 3 is 2.75 bits per heavy atom. The first-order valence-electron chi connectivity index (χ1n) is 7.16. The number of hydrogen-bond acceptors (Lipinski definition) is 4. The first-order chi connectivity index (χ1) is 11.3. The number of hydrogen-bond donors (Lipinski definition) is 1. The maximum Gasteiger partial charge on any atom is 0.355 e. The molecule has 0 radical (unpaired) electrons. The van der Waals surface area contributed by atoms with E-state index in [1.165, 1.54) is 16.6 Å². The SMILES string of the molecule is C#Cc1c(-c2cc3c(cc2C)OCC(=O)N3C)nn(C)c1C(=O)O. The van der Waals surface area contributed by atoms with Gasteiger partial charge in [0.25, 0.3) is 5.91 Å². The van der Waals surface area contributed by atoms with Gasteiger partial charge in [0.2, 0.25) is 0 Å². The van der Waals surface area contributed by atoms with Crippen LogP contribution in [0.25, 0.3) is 11.3 Å². The third-order valence-corrected chi connectivity index (χ3v) is 4.04. The molecule has 7 nitrogen and oxygen atoms in total. The minimum atomic E-state index is -1.14. The molecule has 0 fully saturated rings. The lowest BCUT2D eigenvalue weighted by Crippen LogP contribution is -2.35. The molecule has 1 aliphatic rings. The van der Waals surface area contributed by atoms with Gasteiger partial charge in [0.05, 0.1) is 11.3 Å². The molecule has 1 N–H and O–H groups in total. The lowest BCUT2D eigenvalue weighted by Gasteiger charge is -2.27. The van der Waals surface area contributed by atoms with Gasteiger partial charge in [-0.1, -0.05) is 5.92 Å². The van der Waals surface area contributed by atoms with Gasteiger partial charge in [0.1, 0.15) is 11.4 Å². The van der Waals surface area contributed by atoms with Crippen molar-refractivity contribution in [2.24, 2.45) is 7.05 Å². The predicted octanol–water partition coefficient (Wildman–Crippen LogP) is 1.43. The molecule has 1 amide bonds. The molecule has 0 unspecified atom stereocenters. The van der Waals surface area contributed by atoms with Crippen LogP contribution in [0.4, 0.5) is 5.69 Å². The number of anilines is 1. The van der Waals surface area contributed by atoms with Crippen molar-refractivity contribution in [1.82, 2.24) is 9.78 Å². The highest BCUT2D eigenvalue weighted by Crippen LogP contribution is 2.38. The van der Waals surface area contributed by atoms with E-state index in [0.29, 0.717) is 22.7 Å². The molecule has 0 atom stereocenters. The van der Waals surface area contributed by atoms with Crippen molar-refractivity contribution >= 4 is 17.6 Å². The van der Waals surface area contributed by atoms with Crippen LogP contribution >= 0.6 is 0 Å². The zero-order valence-electron chi connectivity index (χ0n) is 13.5. The van der Waals surface area contributed by atoms with Crippen molar-refractivity contribution in [3.05, 3.63) is 29.0 Å². The molecule has 0 aliphatic carbocycles. The second kappa shape index (κ2) is 5.42. The molecular formula is C17H15N3O4. The van der Waals surface area contributed by atoms with E-state index in [4.69, 9.17) is 11.2 Å². The van der Waals surface area contributed by atoms with E-state index in [-0.39, 0.29) is 23.8 Å². The van der Waals surface area contributed by atoms with Crippen LogP contribution in [0, 0.1) is 19.3 Å². The van der Waals surface area contributed by atoms with Gasteiger partial charge in [0, 0.05) is 19.7 Å². The third kappa shape index (κ3) is 2.20. The fraction of sp³-hybridized carbons (Fsp3) is 0.235. The summed E-state index contributed by atoms with van der Waals surface area (Å²) in [6.45, 7) is 1.84. The summed E-state index contributed by atoms with van der Waals surface area (Å²) in [4.78, 5) is 24.8. The molecule has 1 aromatic heterocycles. The van der Waals surface area contributed by atoms with Crippen LogP contribution in [0.15, 0.2) is 12.1 Å². The van der Waals surface area contributed by atoms with Gasteiger partial charge in [-0.3, -0.25) is 9.48 Å². The first-order valence-corrected chi connectivity index (χ1v) is 7.16. The summed E-state index contributed by atoms with van der Waals surface area (Å²) in [5, 5.41) is 13.6. The van der Waals surface area contributed by atoms with Gasteiger partial charge in [-0.2, -0.15) is 5.10 Å². The number of aromatic nitrogens is 2. The average molecular weight is 325 g/mol. The minimum Gasteiger partial charge on any atom is -0.482 e. The summed E-state index contributed by atoms with van der Waals surface area (Å²) in [6.07, 6.45) is 5.52. The molecule has 0 saturated heterocycles. The number of amides is 1. The Morgan fingerprint density at radius 2 is 2.12 bits per heavy atom. The van der Waals surface area contributed by atoms with Crippen molar-refractivity contribution in [3.8, 4) is 29.4 Å². The van der Waals surface area contributed by atoms with Crippen molar-refractivity contribution in [1.29, 1.82) is 0 Å². The van der Waals surface area contributed by atoms with Crippen LogP contribution in [0.3, 0.4) is 0 Å². The number of carboxylic acids is 1. The number of carbonyl (C=O) groups is 2. The topological polar surface area (TPSA) is 84.7 Å². The Labute approximate surface area is 138 Å². The number of ether oxygens (including phenoxy) is 1. The van der Waals surface area contributed by atoms with Crippen LogP contribution in [0.5, 0.6) is 5.75 Å². The highest BCUT2D eigenvalue weighted by atomic mass is 16.5. The Bertz CT molecular complexity index is 921. The van der Waals surface area contributed by atoms with Crippen molar-refractivity contribution in [2.45, 2.75) is 6.92 Å². The number of carboxylic acid groups (broad SMARTS) is 1. The van der Waals surface area contributed by atoms with E-state index in [2.05, 4.69) is 11.0 Å². The summed E-state index contributed by atoms with van der Waals surface area (Å²) in [5.74, 6) is 1.70.